The molecule has 1 N–H and O–H groups in total. The Morgan fingerprint density at radius 1 is 1.17 bits per heavy atom. The van der Waals surface area contributed by atoms with Crippen molar-refractivity contribution >= 4 is 34.3 Å². The van der Waals surface area contributed by atoms with Crippen molar-refractivity contribution in [1.29, 1.82) is 0 Å². The molecule has 6 nitrogen and oxygen atoms in total. The standard InChI is InChI=1S/C17H12N2O4S/c1-24-12-6-7-13-14(17(20)21)9-15(18-16(13)8-12)10-2-4-11(5-3-10)19(22)23/h2-9H,1H3,(H,20,21). The molecule has 3 aromatic rings. The predicted octanol–water partition coefficient (Wildman–Crippen LogP) is 4.23. The summed E-state index contributed by atoms with van der Waals surface area (Å²) in [5, 5.41) is 20.8. The van der Waals surface area contributed by atoms with Gasteiger partial charge in [-0.3, -0.25) is 10.1 Å². The number of aromatic nitrogens is 1. The third kappa shape index (κ3) is 2.93. The van der Waals surface area contributed by atoms with E-state index < -0.39 is 10.9 Å². The quantitative estimate of drug-likeness (QED) is 0.434. The molecule has 120 valence electrons. The summed E-state index contributed by atoms with van der Waals surface area (Å²) >= 11 is 1.54. The van der Waals surface area contributed by atoms with Gasteiger partial charge in [0, 0.05) is 28.0 Å². The minimum Gasteiger partial charge on any atom is -0.478 e. The van der Waals surface area contributed by atoms with Crippen molar-refractivity contribution < 1.29 is 14.8 Å². The molecule has 3 rings (SSSR count). The van der Waals surface area contributed by atoms with Crippen LogP contribution in [0.5, 0.6) is 0 Å². The smallest absolute Gasteiger partial charge is 0.336 e. The molecule has 0 radical (unpaired) electrons. The number of thioether (sulfide) groups is 1. The van der Waals surface area contributed by atoms with Gasteiger partial charge in [-0.1, -0.05) is 6.07 Å². The second-order valence-corrected chi connectivity index (χ2v) is 5.93. The Labute approximate surface area is 141 Å². The van der Waals surface area contributed by atoms with Crippen LogP contribution in [0.4, 0.5) is 5.69 Å². The molecule has 0 saturated heterocycles. The summed E-state index contributed by atoms with van der Waals surface area (Å²) in [6, 6.07) is 12.8. The lowest BCUT2D eigenvalue weighted by atomic mass is 10.0. The summed E-state index contributed by atoms with van der Waals surface area (Å²) in [6.07, 6.45) is 1.93. The maximum Gasteiger partial charge on any atom is 0.336 e. The van der Waals surface area contributed by atoms with Crippen LogP contribution in [-0.4, -0.2) is 27.2 Å². The van der Waals surface area contributed by atoms with Gasteiger partial charge in [-0.05, 0) is 36.6 Å². The fourth-order valence-corrected chi connectivity index (χ4v) is 2.85. The molecule has 1 aromatic heterocycles. The van der Waals surface area contributed by atoms with Gasteiger partial charge in [0.1, 0.15) is 0 Å². The normalized spacial score (nSPS) is 10.7. The number of hydrogen-bond acceptors (Lipinski definition) is 5. The number of aromatic carboxylic acids is 1. The lowest BCUT2D eigenvalue weighted by Crippen LogP contribution is -2.00. The molecule has 0 fully saturated rings. The number of carbonyl (C=O) groups is 1. The van der Waals surface area contributed by atoms with E-state index in [-0.39, 0.29) is 11.3 Å². The van der Waals surface area contributed by atoms with E-state index in [9.17, 15) is 20.0 Å². The highest BCUT2D eigenvalue weighted by Gasteiger charge is 2.14. The fourth-order valence-electron chi connectivity index (χ4n) is 2.41. The van der Waals surface area contributed by atoms with Crippen LogP contribution in [0.2, 0.25) is 0 Å². The minimum atomic E-state index is -1.04. The first kappa shape index (κ1) is 15.9. The van der Waals surface area contributed by atoms with Crippen LogP contribution in [0.25, 0.3) is 22.2 Å². The van der Waals surface area contributed by atoms with E-state index in [1.807, 2.05) is 18.4 Å². The third-order valence-electron chi connectivity index (χ3n) is 3.62. The number of fused-ring (bicyclic) bond motifs is 1. The number of hydrogen-bond donors (Lipinski definition) is 1. The maximum atomic E-state index is 11.6. The Morgan fingerprint density at radius 3 is 2.46 bits per heavy atom. The van der Waals surface area contributed by atoms with Crippen LogP contribution in [-0.2, 0) is 0 Å². The summed E-state index contributed by atoms with van der Waals surface area (Å²) in [7, 11) is 0. The molecule has 0 atom stereocenters. The van der Waals surface area contributed by atoms with Crippen molar-refractivity contribution in [2.24, 2.45) is 0 Å². The number of rotatable bonds is 4. The van der Waals surface area contributed by atoms with Crippen molar-refractivity contribution in [2.45, 2.75) is 4.90 Å². The first-order valence-corrected chi connectivity index (χ1v) is 8.19. The number of nitro groups is 1. The molecule has 24 heavy (non-hydrogen) atoms. The Morgan fingerprint density at radius 2 is 1.88 bits per heavy atom. The van der Waals surface area contributed by atoms with Gasteiger partial charge in [-0.2, -0.15) is 0 Å². The average Bonchev–Trinajstić information content (AvgIpc) is 2.60. The number of carboxylic acids is 1. The molecule has 0 bridgehead atoms. The topological polar surface area (TPSA) is 93.3 Å². The lowest BCUT2D eigenvalue weighted by molar-refractivity contribution is -0.384. The van der Waals surface area contributed by atoms with Gasteiger partial charge in [0.15, 0.2) is 0 Å². The highest BCUT2D eigenvalue weighted by molar-refractivity contribution is 7.98. The summed E-state index contributed by atoms with van der Waals surface area (Å²) in [5.41, 5.74) is 1.80. The molecular formula is C17H12N2O4S. The highest BCUT2D eigenvalue weighted by Crippen LogP contribution is 2.28. The second kappa shape index (κ2) is 6.29. The molecule has 1 heterocycles. The highest BCUT2D eigenvalue weighted by atomic mass is 32.2. The van der Waals surface area contributed by atoms with Crippen LogP contribution in [0.3, 0.4) is 0 Å². The number of nitrogens with zero attached hydrogens (tertiary/aromatic N) is 2. The van der Waals surface area contributed by atoms with Crippen molar-refractivity contribution in [2.75, 3.05) is 6.26 Å². The van der Waals surface area contributed by atoms with E-state index in [0.29, 0.717) is 22.2 Å². The van der Waals surface area contributed by atoms with E-state index in [0.717, 1.165) is 4.90 Å². The minimum absolute atomic E-state index is 0.0253. The van der Waals surface area contributed by atoms with E-state index >= 15 is 0 Å². The van der Waals surface area contributed by atoms with Crippen LogP contribution in [0.15, 0.2) is 53.4 Å². The van der Waals surface area contributed by atoms with Gasteiger partial charge in [0.05, 0.1) is 21.7 Å². The molecule has 0 aliphatic heterocycles. The number of pyridine rings is 1. The zero-order valence-corrected chi connectivity index (χ0v) is 13.4. The van der Waals surface area contributed by atoms with Crippen molar-refractivity contribution in [1.82, 2.24) is 4.98 Å². The van der Waals surface area contributed by atoms with Gasteiger partial charge >= 0.3 is 5.97 Å². The van der Waals surface area contributed by atoms with Gasteiger partial charge in [-0.25, -0.2) is 9.78 Å². The number of benzene rings is 2. The Hall–Kier alpha value is -2.93. The summed E-state index contributed by atoms with van der Waals surface area (Å²) in [4.78, 5) is 27.3. The Kier molecular flexibility index (Phi) is 4.18. The maximum absolute atomic E-state index is 11.6. The third-order valence-corrected chi connectivity index (χ3v) is 4.35. The van der Waals surface area contributed by atoms with Crippen LogP contribution in [0.1, 0.15) is 10.4 Å². The average molecular weight is 340 g/mol. The summed E-state index contributed by atoms with van der Waals surface area (Å²) < 4.78 is 0. The Bertz CT molecular complexity index is 955. The van der Waals surface area contributed by atoms with Crippen molar-refractivity contribution in [3.8, 4) is 11.3 Å². The molecule has 0 saturated carbocycles. The zero-order chi connectivity index (χ0) is 17.3. The summed E-state index contributed by atoms with van der Waals surface area (Å²) in [5.74, 6) is -1.04. The number of carboxylic acid groups (broad SMARTS) is 1. The zero-order valence-electron chi connectivity index (χ0n) is 12.6. The molecule has 0 aliphatic carbocycles. The van der Waals surface area contributed by atoms with Gasteiger partial charge in [0.25, 0.3) is 5.69 Å². The number of nitro benzene ring substituents is 1. The van der Waals surface area contributed by atoms with Crippen LogP contribution < -0.4 is 0 Å². The van der Waals surface area contributed by atoms with E-state index in [4.69, 9.17) is 0 Å². The van der Waals surface area contributed by atoms with E-state index in [1.54, 1.807) is 30.0 Å². The largest absolute Gasteiger partial charge is 0.478 e. The molecule has 0 amide bonds. The Balaban J connectivity index is 2.20. The summed E-state index contributed by atoms with van der Waals surface area (Å²) in [6.45, 7) is 0. The van der Waals surface area contributed by atoms with E-state index in [2.05, 4.69) is 4.98 Å². The molecule has 2 aromatic carbocycles. The molecule has 0 unspecified atom stereocenters. The SMILES string of the molecule is CSc1ccc2c(C(=O)O)cc(-c3ccc([N+](=O)[O-])cc3)nc2c1. The van der Waals surface area contributed by atoms with Crippen LogP contribution in [0, 0.1) is 10.1 Å². The monoisotopic (exact) mass is 340 g/mol. The van der Waals surface area contributed by atoms with Crippen LogP contribution >= 0.6 is 11.8 Å². The second-order valence-electron chi connectivity index (χ2n) is 5.05. The van der Waals surface area contributed by atoms with Crippen molar-refractivity contribution in [3.05, 3.63) is 64.2 Å². The number of non-ortho nitro benzene ring substituents is 1. The first-order chi connectivity index (χ1) is 11.5. The lowest BCUT2D eigenvalue weighted by Gasteiger charge is -2.08. The predicted molar refractivity (Wildman–Crippen MR) is 92.6 cm³/mol. The molecule has 0 aliphatic rings. The van der Waals surface area contributed by atoms with Gasteiger partial charge in [-0.15, -0.1) is 11.8 Å². The van der Waals surface area contributed by atoms with Gasteiger partial charge < -0.3 is 5.11 Å². The molecule has 7 heteroatoms. The fraction of sp³-hybridized carbons (Fsp3) is 0.0588. The molecular weight excluding hydrogens is 328 g/mol. The van der Waals surface area contributed by atoms with Crippen molar-refractivity contribution in [3.63, 3.8) is 0 Å². The first-order valence-electron chi connectivity index (χ1n) is 6.96. The molecule has 0 spiro atoms. The van der Waals surface area contributed by atoms with E-state index in [1.165, 1.54) is 18.2 Å². The van der Waals surface area contributed by atoms with Gasteiger partial charge in [0.2, 0.25) is 0 Å².